The van der Waals surface area contributed by atoms with E-state index in [0.717, 1.165) is 18.2 Å². The zero-order valence-electron chi connectivity index (χ0n) is 14.1. The minimum Gasteiger partial charge on any atom is -0.357 e. The minimum atomic E-state index is 0. The lowest BCUT2D eigenvalue weighted by Gasteiger charge is -2.19. The van der Waals surface area contributed by atoms with Crippen molar-refractivity contribution < 1.29 is 4.79 Å². The number of nitrogens with one attached hydrogen (secondary N) is 2. The van der Waals surface area contributed by atoms with Crippen LogP contribution >= 0.6 is 35.3 Å². The van der Waals surface area contributed by atoms with Gasteiger partial charge in [0.1, 0.15) is 0 Å². The lowest BCUT2D eigenvalue weighted by atomic mass is 10.2. The highest BCUT2D eigenvalue weighted by atomic mass is 127. The Labute approximate surface area is 169 Å². The van der Waals surface area contributed by atoms with Crippen LogP contribution in [0.3, 0.4) is 0 Å². The molecule has 1 saturated heterocycles. The first-order valence-electron chi connectivity index (χ1n) is 8.17. The van der Waals surface area contributed by atoms with E-state index in [9.17, 15) is 4.79 Å². The number of carbonyl (C=O) groups excluding carboxylic acids is 1. The average Bonchev–Trinajstić information content (AvgIpc) is 3.23. The van der Waals surface area contributed by atoms with E-state index in [2.05, 4.69) is 32.5 Å². The van der Waals surface area contributed by atoms with Gasteiger partial charge in [0.15, 0.2) is 5.96 Å². The maximum absolute atomic E-state index is 12.3. The first kappa shape index (κ1) is 19.7. The lowest BCUT2D eigenvalue weighted by molar-refractivity contribution is -0.117. The van der Waals surface area contributed by atoms with Gasteiger partial charge >= 0.3 is 0 Å². The van der Waals surface area contributed by atoms with E-state index in [-0.39, 0.29) is 35.9 Å². The van der Waals surface area contributed by atoms with Gasteiger partial charge in [0.2, 0.25) is 5.91 Å². The number of anilines is 1. The van der Waals surface area contributed by atoms with Crippen LogP contribution < -0.4 is 15.5 Å². The predicted molar refractivity (Wildman–Crippen MR) is 115 cm³/mol. The molecule has 2 heterocycles. The second kappa shape index (κ2) is 9.76. The largest absolute Gasteiger partial charge is 0.357 e. The van der Waals surface area contributed by atoms with Crippen LogP contribution in [0.2, 0.25) is 0 Å². The van der Waals surface area contributed by atoms with Crippen molar-refractivity contribution in [1.29, 1.82) is 0 Å². The van der Waals surface area contributed by atoms with Gasteiger partial charge < -0.3 is 15.5 Å². The Morgan fingerprint density at radius 3 is 2.80 bits per heavy atom. The summed E-state index contributed by atoms with van der Waals surface area (Å²) in [6.07, 6.45) is 0.484. The number of benzene rings is 1. The van der Waals surface area contributed by atoms with Crippen molar-refractivity contribution in [3.05, 3.63) is 52.7 Å². The fourth-order valence-corrected chi connectivity index (χ4v) is 3.39. The number of hydrogen-bond donors (Lipinski definition) is 2. The maximum Gasteiger partial charge on any atom is 0.229 e. The van der Waals surface area contributed by atoms with Crippen LogP contribution in [0.1, 0.15) is 18.9 Å². The summed E-state index contributed by atoms with van der Waals surface area (Å²) in [6.45, 7) is 4.13. The van der Waals surface area contributed by atoms with E-state index in [1.54, 1.807) is 11.3 Å². The summed E-state index contributed by atoms with van der Waals surface area (Å²) in [5.74, 6) is 0.906. The normalized spacial score (nSPS) is 17.3. The monoisotopic (exact) mass is 470 g/mol. The van der Waals surface area contributed by atoms with Gasteiger partial charge in [-0.2, -0.15) is 11.3 Å². The molecule has 0 radical (unpaired) electrons. The maximum atomic E-state index is 12.3. The van der Waals surface area contributed by atoms with Crippen LogP contribution in [-0.4, -0.2) is 31.0 Å². The second-order valence-corrected chi connectivity index (χ2v) is 6.49. The van der Waals surface area contributed by atoms with Gasteiger partial charge in [0, 0.05) is 25.2 Å². The molecule has 0 aliphatic carbocycles. The Bertz CT molecular complexity index is 690. The summed E-state index contributed by atoms with van der Waals surface area (Å²) in [5.41, 5.74) is 2.15. The topological polar surface area (TPSA) is 56.7 Å². The van der Waals surface area contributed by atoms with Crippen LogP contribution in [-0.2, 0) is 11.3 Å². The number of guanidine groups is 1. The highest BCUT2D eigenvalue weighted by molar-refractivity contribution is 14.0. The third-order valence-electron chi connectivity index (χ3n) is 3.88. The quantitative estimate of drug-likeness (QED) is 0.401. The van der Waals surface area contributed by atoms with Crippen molar-refractivity contribution in [3.63, 3.8) is 0 Å². The summed E-state index contributed by atoms with van der Waals surface area (Å²) < 4.78 is 0. The Hall–Kier alpha value is -1.61. The van der Waals surface area contributed by atoms with Gasteiger partial charge in [-0.25, -0.2) is 4.99 Å². The summed E-state index contributed by atoms with van der Waals surface area (Å²) in [6, 6.07) is 11.9. The van der Waals surface area contributed by atoms with Crippen LogP contribution in [0, 0.1) is 0 Å². The molecule has 0 bridgehead atoms. The molecule has 1 fully saturated rings. The van der Waals surface area contributed by atoms with Crippen LogP contribution in [0.15, 0.2) is 52.2 Å². The summed E-state index contributed by atoms with van der Waals surface area (Å²) in [4.78, 5) is 18.7. The number of halogens is 1. The molecule has 25 heavy (non-hydrogen) atoms. The molecular weight excluding hydrogens is 447 g/mol. The first-order chi connectivity index (χ1) is 11.8. The minimum absolute atomic E-state index is 0. The number of rotatable bonds is 5. The molecule has 134 valence electrons. The second-order valence-electron chi connectivity index (χ2n) is 5.71. The number of nitrogens with zero attached hydrogens (tertiary/aromatic N) is 2. The van der Waals surface area contributed by atoms with E-state index in [1.165, 1.54) is 5.56 Å². The lowest BCUT2D eigenvalue weighted by Crippen LogP contribution is -2.44. The first-order valence-corrected chi connectivity index (χ1v) is 9.12. The Morgan fingerprint density at radius 1 is 1.32 bits per heavy atom. The van der Waals surface area contributed by atoms with Crippen molar-refractivity contribution in [3.8, 4) is 0 Å². The molecule has 1 aliphatic heterocycles. The molecule has 1 aromatic heterocycles. The molecule has 2 N–H and O–H groups in total. The summed E-state index contributed by atoms with van der Waals surface area (Å²) in [7, 11) is 0. The zero-order chi connectivity index (χ0) is 16.8. The molecule has 1 aliphatic rings. The summed E-state index contributed by atoms with van der Waals surface area (Å²) >= 11 is 1.67. The molecule has 7 heteroatoms. The van der Waals surface area contributed by atoms with Gasteiger partial charge in [0.05, 0.1) is 12.6 Å². The van der Waals surface area contributed by atoms with Crippen molar-refractivity contribution >= 4 is 52.9 Å². The molecule has 1 atom stereocenters. The number of carbonyl (C=O) groups is 1. The van der Waals surface area contributed by atoms with Crippen molar-refractivity contribution in [2.24, 2.45) is 4.99 Å². The molecule has 1 amide bonds. The number of amides is 1. The number of para-hydroxylation sites is 1. The van der Waals surface area contributed by atoms with Crippen molar-refractivity contribution in [1.82, 2.24) is 10.6 Å². The van der Waals surface area contributed by atoms with Gasteiger partial charge in [-0.05, 0) is 41.4 Å². The van der Waals surface area contributed by atoms with E-state index in [1.807, 2.05) is 42.2 Å². The zero-order valence-corrected chi connectivity index (χ0v) is 17.3. The SMILES string of the molecule is CCNC(=NCc1ccsc1)NC1CC(=O)N(c2ccccc2)C1.I. The fraction of sp³-hybridized carbons (Fsp3) is 0.333. The molecule has 5 nitrogen and oxygen atoms in total. The number of thiophene rings is 1. The van der Waals surface area contributed by atoms with E-state index in [4.69, 9.17) is 0 Å². The molecule has 1 aromatic carbocycles. The molecule has 0 spiro atoms. The fourth-order valence-electron chi connectivity index (χ4n) is 2.73. The smallest absolute Gasteiger partial charge is 0.229 e. The Balaban J connectivity index is 0.00000225. The number of aliphatic imine (C=N–C) groups is 1. The van der Waals surface area contributed by atoms with Crippen molar-refractivity contribution in [2.75, 3.05) is 18.0 Å². The van der Waals surface area contributed by atoms with Crippen LogP contribution in [0.25, 0.3) is 0 Å². The van der Waals surface area contributed by atoms with E-state index < -0.39 is 0 Å². The van der Waals surface area contributed by atoms with E-state index >= 15 is 0 Å². The van der Waals surface area contributed by atoms with Gasteiger partial charge in [0.25, 0.3) is 0 Å². The van der Waals surface area contributed by atoms with Crippen LogP contribution in [0.5, 0.6) is 0 Å². The van der Waals surface area contributed by atoms with E-state index in [0.29, 0.717) is 19.5 Å². The Kier molecular flexibility index (Phi) is 7.70. The standard InChI is InChI=1S/C18H22N4OS.HI/c1-2-19-18(20-11-14-8-9-24-13-14)21-15-10-17(23)22(12-15)16-6-4-3-5-7-16;/h3-9,13,15H,2,10-12H2,1H3,(H2,19,20,21);1H. The van der Waals surface area contributed by atoms with Gasteiger partial charge in [-0.15, -0.1) is 24.0 Å². The average molecular weight is 470 g/mol. The molecule has 0 saturated carbocycles. The van der Waals surface area contributed by atoms with Crippen LogP contribution in [0.4, 0.5) is 5.69 Å². The van der Waals surface area contributed by atoms with Gasteiger partial charge in [-0.1, -0.05) is 18.2 Å². The Morgan fingerprint density at radius 2 is 2.12 bits per heavy atom. The highest BCUT2D eigenvalue weighted by Gasteiger charge is 2.30. The third-order valence-corrected chi connectivity index (χ3v) is 4.61. The molecule has 2 aromatic rings. The third kappa shape index (κ3) is 5.43. The number of hydrogen-bond acceptors (Lipinski definition) is 3. The predicted octanol–water partition coefficient (Wildman–Crippen LogP) is 3.23. The highest BCUT2D eigenvalue weighted by Crippen LogP contribution is 2.21. The van der Waals surface area contributed by atoms with Gasteiger partial charge in [-0.3, -0.25) is 4.79 Å². The molecular formula is C18H23IN4OS. The summed E-state index contributed by atoms with van der Waals surface area (Å²) in [5, 5.41) is 10.8. The molecule has 1 unspecified atom stereocenters. The molecule has 3 rings (SSSR count). The van der Waals surface area contributed by atoms with Crippen molar-refractivity contribution in [2.45, 2.75) is 25.9 Å².